The van der Waals surface area contributed by atoms with Gasteiger partial charge in [0.05, 0.1) is 22.9 Å². The highest BCUT2D eigenvalue weighted by molar-refractivity contribution is 7.11. The minimum atomic E-state index is -0.298. The summed E-state index contributed by atoms with van der Waals surface area (Å²) in [4.78, 5) is 31.2. The summed E-state index contributed by atoms with van der Waals surface area (Å²) in [5.74, 6) is -0.0144. The van der Waals surface area contributed by atoms with E-state index in [-0.39, 0.29) is 11.8 Å². The van der Waals surface area contributed by atoms with Crippen molar-refractivity contribution in [1.29, 1.82) is 5.26 Å². The van der Waals surface area contributed by atoms with Crippen LogP contribution in [-0.2, 0) is 16.0 Å². The zero-order chi connectivity index (χ0) is 22.8. The van der Waals surface area contributed by atoms with Gasteiger partial charge in [-0.05, 0) is 66.5 Å². The van der Waals surface area contributed by atoms with Gasteiger partial charge in [-0.25, -0.2) is 4.90 Å². The van der Waals surface area contributed by atoms with Crippen molar-refractivity contribution < 1.29 is 9.59 Å². The topological polar surface area (TPSA) is 64.4 Å². The highest BCUT2D eigenvalue weighted by atomic mass is 32.1. The van der Waals surface area contributed by atoms with Crippen molar-refractivity contribution >= 4 is 34.4 Å². The number of carbonyl (C=O) groups excluding carboxylic acids is 2. The first kappa shape index (κ1) is 21.2. The van der Waals surface area contributed by atoms with E-state index >= 15 is 0 Å². The van der Waals surface area contributed by atoms with Crippen molar-refractivity contribution in [2.75, 3.05) is 18.0 Å². The Morgan fingerprint density at radius 2 is 1.64 bits per heavy atom. The SMILES string of the molecule is N#Cc1ccc(N2C(=O)C(c3cccs3)=C(N3CCC(Cc4ccccc4)CC3)C2=O)cc1. The second-order valence-electron chi connectivity index (χ2n) is 8.43. The van der Waals surface area contributed by atoms with Gasteiger partial charge in [0.25, 0.3) is 11.8 Å². The van der Waals surface area contributed by atoms with Gasteiger partial charge in [-0.15, -0.1) is 11.3 Å². The van der Waals surface area contributed by atoms with Crippen LogP contribution in [0.15, 0.2) is 77.8 Å². The van der Waals surface area contributed by atoms with Crippen LogP contribution in [0.3, 0.4) is 0 Å². The van der Waals surface area contributed by atoms with Gasteiger partial charge in [0.1, 0.15) is 5.70 Å². The summed E-state index contributed by atoms with van der Waals surface area (Å²) in [5, 5.41) is 11.0. The quantitative estimate of drug-likeness (QED) is 0.518. The molecule has 2 amide bonds. The summed E-state index contributed by atoms with van der Waals surface area (Å²) in [6, 6.07) is 23.0. The number of benzene rings is 2. The molecule has 5 rings (SSSR count). The van der Waals surface area contributed by atoms with Crippen LogP contribution < -0.4 is 4.90 Å². The maximum absolute atomic E-state index is 13.6. The number of hydrogen-bond acceptors (Lipinski definition) is 5. The molecule has 0 aliphatic carbocycles. The highest BCUT2D eigenvalue weighted by Gasteiger charge is 2.43. The van der Waals surface area contributed by atoms with E-state index in [1.807, 2.05) is 23.6 Å². The van der Waals surface area contributed by atoms with Gasteiger partial charge in [-0.1, -0.05) is 36.4 Å². The van der Waals surface area contributed by atoms with Gasteiger partial charge in [0.15, 0.2) is 0 Å². The first-order chi connectivity index (χ1) is 16.2. The maximum Gasteiger partial charge on any atom is 0.282 e. The lowest BCUT2D eigenvalue weighted by molar-refractivity contribution is -0.120. The molecule has 5 nitrogen and oxygen atoms in total. The molecule has 6 heteroatoms. The van der Waals surface area contributed by atoms with E-state index in [0.717, 1.165) is 37.2 Å². The molecule has 2 aromatic carbocycles. The fourth-order valence-corrected chi connectivity index (χ4v) is 5.44. The third kappa shape index (κ3) is 4.08. The largest absolute Gasteiger partial charge is 0.366 e. The van der Waals surface area contributed by atoms with E-state index in [0.29, 0.717) is 28.4 Å². The van der Waals surface area contributed by atoms with Crippen molar-refractivity contribution in [3.05, 3.63) is 93.8 Å². The number of carbonyl (C=O) groups is 2. The van der Waals surface area contributed by atoms with Crippen LogP contribution in [-0.4, -0.2) is 29.8 Å². The summed E-state index contributed by atoms with van der Waals surface area (Å²) in [7, 11) is 0. The Labute approximate surface area is 197 Å². The van der Waals surface area contributed by atoms with Crippen molar-refractivity contribution in [2.24, 2.45) is 5.92 Å². The number of likely N-dealkylation sites (tertiary alicyclic amines) is 1. The monoisotopic (exact) mass is 453 g/mol. The lowest BCUT2D eigenvalue weighted by Gasteiger charge is -2.34. The number of nitrogens with zero attached hydrogens (tertiary/aromatic N) is 3. The first-order valence-corrected chi connectivity index (χ1v) is 12.0. The molecule has 0 unspecified atom stereocenters. The maximum atomic E-state index is 13.6. The van der Waals surface area contributed by atoms with E-state index in [9.17, 15) is 9.59 Å². The second kappa shape index (κ2) is 9.05. The number of imide groups is 1. The standard InChI is InChI=1S/C27H23N3O2S/c28-18-21-8-10-22(11-9-21)30-26(31)24(23-7-4-16-33-23)25(27(30)32)29-14-12-20(13-15-29)17-19-5-2-1-3-6-19/h1-11,16,20H,12-15,17H2. The van der Waals surface area contributed by atoms with Gasteiger partial charge in [-0.3, -0.25) is 9.59 Å². The van der Waals surface area contributed by atoms with Crippen molar-refractivity contribution in [3.63, 3.8) is 0 Å². The van der Waals surface area contributed by atoms with Crippen molar-refractivity contribution in [1.82, 2.24) is 4.90 Å². The zero-order valence-electron chi connectivity index (χ0n) is 18.1. The van der Waals surface area contributed by atoms with Crippen LogP contribution in [0.25, 0.3) is 5.57 Å². The minimum absolute atomic E-state index is 0.283. The molecular weight excluding hydrogens is 430 g/mol. The zero-order valence-corrected chi connectivity index (χ0v) is 18.9. The Bertz CT molecular complexity index is 1230. The molecule has 164 valence electrons. The van der Waals surface area contributed by atoms with Gasteiger partial charge in [-0.2, -0.15) is 5.26 Å². The van der Waals surface area contributed by atoms with Crippen LogP contribution in [0.2, 0.25) is 0 Å². The predicted octanol–water partition coefficient (Wildman–Crippen LogP) is 4.86. The smallest absolute Gasteiger partial charge is 0.282 e. The number of rotatable bonds is 5. The van der Waals surface area contributed by atoms with Crippen molar-refractivity contribution in [2.45, 2.75) is 19.3 Å². The summed E-state index contributed by atoms with van der Waals surface area (Å²) in [6.45, 7) is 1.50. The summed E-state index contributed by atoms with van der Waals surface area (Å²) in [6.07, 6.45) is 3.00. The molecule has 0 saturated carbocycles. The Balaban J connectivity index is 1.41. The Morgan fingerprint density at radius 1 is 0.909 bits per heavy atom. The summed E-state index contributed by atoms with van der Waals surface area (Å²) >= 11 is 1.47. The van der Waals surface area contributed by atoms with E-state index < -0.39 is 0 Å². The van der Waals surface area contributed by atoms with E-state index in [1.165, 1.54) is 21.8 Å². The molecule has 33 heavy (non-hydrogen) atoms. The van der Waals surface area contributed by atoms with E-state index in [4.69, 9.17) is 5.26 Å². The van der Waals surface area contributed by atoms with Gasteiger partial charge in [0, 0.05) is 18.0 Å². The number of nitriles is 1. The van der Waals surface area contributed by atoms with Crippen LogP contribution in [0, 0.1) is 17.2 Å². The predicted molar refractivity (Wildman–Crippen MR) is 129 cm³/mol. The van der Waals surface area contributed by atoms with Crippen molar-refractivity contribution in [3.8, 4) is 6.07 Å². The number of anilines is 1. The van der Waals surface area contributed by atoms with Crippen LogP contribution in [0.1, 0.15) is 28.8 Å². The molecule has 1 aromatic heterocycles. The van der Waals surface area contributed by atoms with E-state index in [1.54, 1.807) is 24.3 Å². The molecule has 3 heterocycles. The van der Waals surface area contributed by atoms with E-state index in [2.05, 4.69) is 35.2 Å². The van der Waals surface area contributed by atoms with Gasteiger partial charge >= 0.3 is 0 Å². The molecule has 1 fully saturated rings. The van der Waals surface area contributed by atoms with Crippen LogP contribution in [0.5, 0.6) is 0 Å². The van der Waals surface area contributed by atoms with Crippen LogP contribution >= 0.6 is 11.3 Å². The number of piperidine rings is 1. The number of thiophene rings is 1. The van der Waals surface area contributed by atoms with Gasteiger partial charge in [0.2, 0.25) is 0 Å². The average molecular weight is 454 g/mol. The molecule has 2 aliphatic heterocycles. The fourth-order valence-electron chi connectivity index (χ4n) is 4.68. The number of amides is 2. The summed E-state index contributed by atoms with van der Waals surface area (Å²) in [5.41, 5.74) is 3.32. The lowest BCUT2D eigenvalue weighted by Crippen LogP contribution is -2.39. The Morgan fingerprint density at radius 3 is 2.27 bits per heavy atom. The third-order valence-corrected chi connectivity index (χ3v) is 7.27. The minimum Gasteiger partial charge on any atom is -0.366 e. The second-order valence-corrected chi connectivity index (χ2v) is 9.37. The first-order valence-electron chi connectivity index (χ1n) is 11.1. The molecule has 1 saturated heterocycles. The Hall–Kier alpha value is -3.69. The number of hydrogen-bond donors (Lipinski definition) is 0. The third-order valence-electron chi connectivity index (χ3n) is 6.38. The fraction of sp³-hybridized carbons (Fsp3) is 0.222. The Kier molecular flexibility index (Phi) is 5.80. The van der Waals surface area contributed by atoms with Gasteiger partial charge < -0.3 is 4.90 Å². The highest BCUT2D eigenvalue weighted by Crippen LogP contribution is 2.38. The lowest BCUT2D eigenvalue weighted by atomic mass is 9.90. The molecule has 0 N–H and O–H groups in total. The molecule has 0 atom stereocenters. The van der Waals surface area contributed by atoms with Crippen LogP contribution in [0.4, 0.5) is 5.69 Å². The molecule has 3 aromatic rings. The molecule has 2 aliphatic rings. The normalized spacial score (nSPS) is 17.1. The molecule has 0 spiro atoms. The molecule has 0 radical (unpaired) electrons. The molecule has 0 bridgehead atoms. The summed E-state index contributed by atoms with van der Waals surface area (Å²) < 4.78 is 0. The average Bonchev–Trinajstić information content (AvgIpc) is 3.46. The molecular formula is C27H23N3O2S.